The van der Waals surface area contributed by atoms with Gasteiger partial charge in [-0.15, -0.1) is 0 Å². The standard InChI is InChI=1S/C22H30O6/c1-12-9-17(11-19(14(3)24)21(12)26-5)28-16-7-8-18(13(2)23)22(27-6)20(10-16)15(4)25/h8-11,13-15,23-25H,7H2,1-6H3. The first kappa shape index (κ1) is 22.0. The van der Waals surface area contributed by atoms with E-state index in [2.05, 4.69) is 0 Å². The Kier molecular flexibility index (Phi) is 7.29. The molecule has 0 spiro atoms. The number of benzene rings is 1. The lowest BCUT2D eigenvalue weighted by Gasteiger charge is -2.18. The Bertz CT molecular complexity index is 799. The molecule has 3 unspecified atom stereocenters. The number of hydrogen-bond donors (Lipinski definition) is 3. The number of hydrogen-bond acceptors (Lipinski definition) is 6. The normalized spacial score (nSPS) is 17.9. The Labute approximate surface area is 166 Å². The summed E-state index contributed by atoms with van der Waals surface area (Å²) in [5.74, 6) is 2.21. The average molecular weight is 390 g/mol. The van der Waals surface area contributed by atoms with Gasteiger partial charge in [0.2, 0.25) is 0 Å². The van der Waals surface area contributed by atoms with E-state index in [1.165, 1.54) is 7.11 Å². The van der Waals surface area contributed by atoms with Gasteiger partial charge < -0.3 is 29.5 Å². The molecular formula is C22H30O6. The lowest BCUT2D eigenvalue weighted by atomic mass is 10.0. The van der Waals surface area contributed by atoms with Crippen molar-refractivity contribution in [2.45, 2.75) is 52.4 Å². The molecule has 6 nitrogen and oxygen atoms in total. The summed E-state index contributed by atoms with van der Waals surface area (Å²) in [4.78, 5) is 0. The molecule has 3 N–H and O–H groups in total. The van der Waals surface area contributed by atoms with Crippen LogP contribution >= 0.6 is 0 Å². The average Bonchev–Trinajstić information content (AvgIpc) is 2.80. The maximum absolute atomic E-state index is 10.2. The van der Waals surface area contributed by atoms with E-state index in [9.17, 15) is 15.3 Å². The maximum Gasteiger partial charge on any atom is 0.130 e. The maximum atomic E-state index is 10.2. The Morgan fingerprint density at radius 1 is 0.929 bits per heavy atom. The molecule has 0 aliphatic heterocycles. The van der Waals surface area contributed by atoms with Crippen molar-refractivity contribution in [1.29, 1.82) is 0 Å². The minimum atomic E-state index is -0.806. The first-order valence-corrected chi connectivity index (χ1v) is 9.29. The molecule has 3 atom stereocenters. The molecule has 0 aromatic heterocycles. The van der Waals surface area contributed by atoms with E-state index in [1.807, 2.05) is 19.1 Å². The van der Waals surface area contributed by atoms with Crippen molar-refractivity contribution in [3.05, 3.63) is 58.1 Å². The van der Waals surface area contributed by atoms with E-state index in [-0.39, 0.29) is 0 Å². The topological polar surface area (TPSA) is 88.4 Å². The van der Waals surface area contributed by atoms with Gasteiger partial charge in [-0.3, -0.25) is 0 Å². The monoisotopic (exact) mass is 390 g/mol. The summed E-state index contributed by atoms with van der Waals surface area (Å²) >= 11 is 0. The SMILES string of the molecule is COC1=C(C(C)O)C=C(Oc2cc(C)c(OC)c(C(C)O)c2)CC=C1C(C)O. The molecule has 28 heavy (non-hydrogen) atoms. The van der Waals surface area contributed by atoms with Crippen LogP contribution in [-0.4, -0.2) is 41.7 Å². The molecule has 6 heteroatoms. The number of aliphatic hydroxyl groups is 3. The summed E-state index contributed by atoms with van der Waals surface area (Å²) in [5, 5.41) is 30.4. The van der Waals surface area contributed by atoms with Crippen LogP contribution in [-0.2, 0) is 4.74 Å². The van der Waals surface area contributed by atoms with Gasteiger partial charge >= 0.3 is 0 Å². The second-order valence-corrected chi connectivity index (χ2v) is 6.96. The molecule has 0 saturated heterocycles. The van der Waals surface area contributed by atoms with Gasteiger partial charge in [-0.05, 0) is 51.5 Å². The predicted molar refractivity (Wildman–Crippen MR) is 107 cm³/mol. The summed E-state index contributed by atoms with van der Waals surface area (Å²) in [6.45, 7) is 6.84. The van der Waals surface area contributed by atoms with Crippen LogP contribution in [0.3, 0.4) is 0 Å². The third kappa shape index (κ3) is 4.76. The van der Waals surface area contributed by atoms with Crippen molar-refractivity contribution in [3.63, 3.8) is 0 Å². The quantitative estimate of drug-likeness (QED) is 0.662. The first-order chi connectivity index (χ1) is 13.2. The molecule has 0 heterocycles. The molecular weight excluding hydrogens is 360 g/mol. The number of allylic oxidation sites excluding steroid dienone is 1. The molecule has 1 aromatic carbocycles. The zero-order chi connectivity index (χ0) is 21.0. The number of methoxy groups -OCH3 is 2. The van der Waals surface area contributed by atoms with Crippen LogP contribution < -0.4 is 9.47 Å². The van der Waals surface area contributed by atoms with Crippen LogP contribution in [0, 0.1) is 6.92 Å². The zero-order valence-electron chi connectivity index (χ0n) is 17.3. The van der Waals surface area contributed by atoms with E-state index in [0.717, 1.165) is 5.56 Å². The van der Waals surface area contributed by atoms with Gasteiger partial charge in [-0.2, -0.15) is 0 Å². The largest absolute Gasteiger partial charge is 0.496 e. The smallest absolute Gasteiger partial charge is 0.130 e. The molecule has 0 radical (unpaired) electrons. The predicted octanol–water partition coefficient (Wildman–Crippen LogP) is 3.31. The number of ether oxygens (including phenoxy) is 3. The fourth-order valence-electron chi connectivity index (χ4n) is 3.31. The molecule has 1 aliphatic rings. The lowest BCUT2D eigenvalue weighted by molar-refractivity contribution is 0.193. The van der Waals surface area contributed by atoms with Gasteiger partial charge in [0.05, 0.1) is 32.5 Å². The van der Waals surface area contributed by atoms with E-state index < -0.39 is 18.3 Å². The lowest BCUT2D eigenvalue weighted by Crippen LogP contribution is -2.14. The fraction of sp³-hybridized carbons (Fsp3) is 0.455. The molecule has 0 bridgehead atoms. The second kappa shape index (κ2) is 9.28. The van der Waals surface area contributed by atoms with E-state index in [4.69, 9.17) is 14.2 Å². The third-order valence-corrected chi connectivity index (χ3v) is 4.65. The van der Waals surface area contributed by atoms with Crippen LogP contribution in [0.2, 0.25) is 0 Å². The summed E-state index contributed by atoms with van der Waals surface area (Å²) < 4.78 is 16.9. The van der Waals surface area contributed by atoms with E-state index >= 15 is 0 Å². The van der Waals surface area contributed by atoms with Crippen molar-refractivity contribution in [2.24, 2.45) is 0 Å². The highest BCUT2D eigenvalue weighted by molar-refractivity contribution is 5.49. The van der Waals surface area contributed by atoms with Crippen molar-refractivity contribution < 1.29 is 29.5 Å². The first-order valence-electron chi connectivity index (χ1n) is 9.29. The van der Waals surface area contributed by atoms with Gasteiger partial charge in [0.25, 0.3) is 0 Å². The molecule has 1 aromatic rings. The van der Waals surface area contributed by atoms with Crippen molar-refractivity contribution in [2.75, 3.05) is 14.2 Å². The molecule has 154 valence electrons. The highest BCUT2D eigenvalue weighted by atomic mass is 16.5. The highest BCUT2D eigenvalue weighted by Crippen LogP contribution is 2.35. The van der Waals surface area contributed by atoms with Crippen LogP contribution in [0.4, 0.5) is 0 Å². The Balaban J connectivity index is 2.48. The minimum Gasteiger partial charge on any atom is -0.496 e. The van der Waals surface area contributed by atoms with Crippen molar-refractivity contribution in [3.8, 4) is 11.5 Å². The Morgan fingerprint density at radius 2 is 1.61 bits per heavy atom. The minimum absolute atomic E-state index is 0.415. The Morgan fingerprint density at radius 3 is 2.11 bits per heavy atom. The summed E-state index contributed by atoms with van der Waals surface area (Å²) in [7, 11) is 3.08. The van der Waals surface area contributed by atoms with Crippen LogP contribution in [0.25, 0.3) is 0 Å². The van der Waals surface area contributed by atoms with Gasteiger partial charge in [-0.25, -0.2) is 0 Å². The van der Waals surface area contributed by atoms with Gasteiger partial charge in [-0.1, -0.05) is 6.08 Å². The van der Waals surface area contributed by atoms with E-state index in [0.29, 0.717) is 46.1 Å². The summed E-state index contributed by atoms with van der Waals surface area (Å²) in [6.07, 6.45) is 1.71. The highest BCUT2D eigenvalue weighted by Gasteiger charge is 2.23. The summed E-state index contributed by atoms with van der Waals surface area (Å²) in [5.41, 5.74) is 2.61. The van der Waals surface area contributed by atoms with Crippen LogP contribution in [0.15, 0.2) is 46.9 Å². The number of rotatable bonds is 7. The number of aliphatic hydroxyl groups excluding tert-OH is 3. The molecule has 2 rings (SSSR count). The van der Waals surface area contributed by atoms with Crippen molar-refractivity contribution >= 4 is 0 Å². The van der Waals surface area contributed by atoms with Gasteiger partial charge in [0.15, 0.2) is 0 Å². The van der Waals surface area contributed by atoms with Gasteiger partial charge in [0, 0.05) is 23.1 Å². The zero-order valence-corrected chi connectivity index (χ0v) is 17.3. The van der Waals surface area contributed by atoms with Crippen LogP contribution in [0.1, 0.15) is 44.4 Å². The molecule has 0 amide bonds. The Hall–Kier alpha value is -2.28. The molecule has 1 aliphatic carbocycles. The fourth-order valence-corrected chi connectivity index (χ4v) is 3.31. The number of aryl methyl sites for hydroxylation is 1. The van der Waals surface area contributed by atoms with Gasteiger partial charge in [0.1, 0.15) is 23.0 Å². The summed E-state index contributed by atoms with van der Waals surface area (Å²) in [6, 6.07) is 3.57. The van der Waals surface area contributed by atoms with Crippen LogP contribution in [0.5, 0.6) is 11.5 Å². The van der Waals surface area contributed by atoms with E-state index in [1.54, 1.807) is 40.0 Å². The van der Waals surface area contributed by atoms with Crippen molar-refractivity contribution in [1.82, 2.24) is 0 Å². The molecule has 0 fully saturated rings. The second-order valence-electron chi connectivity index (χ2n) is 6.96. The molecule has 0 saturated carbocycles. The third-order valence-electron chi connectivity index (χ3n) is 4.65.